The lowest BCUT2D eigenvalue weighted by Crippen LogP contribution is -2.56. The first-order valence-corrected chi connectivity index (χ1v) is 11.3. The Balaban J connectivity index is 1.38. The minimum absolute atomic E-state index is 0.0456. The third-order valence-corrected chi connectivity index (χ3v) is 6.42. The van der Waals surface area contributed by atoms with Gasteiger partial charge in [0, 0.05) is 29.0 Å². The van der Waals surface area contributed by atoms with Gasteiger partial charge in [0.2, 0.25) is 5.91 Å². The number of alkyl halides is 1. The number of pyridine rings is 1. The zero-order valence-corrected chi connectivity index (χ0v) is 18.9. The molecule has 4 nitrogen and oxygen atoms in total. The van der Waals surface area contributed by atoms with Crippen LogP contribution in [0.3, 0.4) is 0 Å². The molecule has 0 radical (unpaired) electrons. The molecule has 2 unspecified atom stereocenters. The van der Waals surface area contributed by atoms with Crippen LogP contribution in [0.1, 0.15) is 29.8 Å². The summed E-state index contributed by atoms with van der Waals surface area (Å²) in [5, 5.41) is 0.650. The van der Waals surface area contributed by atoms with E-state index >= 15 is 0 Å². The van der Waals surface area contributed by atoms with E-state index in [0.29, 0.717) is 11.6 Å². The van der Waals surface area contributed by atoms with Gasteiger partial charge >= 0.3 is 0 Å². The second kappa shape index (κ2) is 9.19. The molecule has 0 N–H and O–H groups in total. The molecule has 30 heavy (non-hydrogen) atoms. The van der Waals surface area contributed by atoms with Crippen molar-refractivity contribution in [1.29, 1.82) is 0 Å². The van der Waals surface area contributed by atoms with Crippen LogP contribution in [0.15, 0.2) is 66.9 Å². The maximum atomic E-state index is 12.4. The van der Waals surface area contributed by atoms with Crippen molar-refractivity contribution in [3.63, 3.8) is 0 Å². The molecular formula is C24H22BrClN2O2. The highest BCUT2D eigenvalue weighted by molar-refractivity contribution is 9.10. The Kier molecular flexibility index (Phi) is 6.40. The number of benzene rings is 2. The Morgan fingerprint density at radius 2 is 1.80 bits per heavy atom. The Morgan fingerprint density at radius 1 is 1.07 bits per heavy atom. The fourth-order valence-corrected chi connectivity index (χ4v) is 4.40. The first kappa shape index (κ1) is 20.9. The molecule has 154 valence electrons. The quantitative estimate of drug-likeness (QED) is 0.315. The molecule has 2 heterocycles. The van der Waals surface area contributed by atoms with Crippen molar-refractivity contribution in [1.82, 2.24) is 4.98 Å². The highest BCUT2D eigenvalue weighted by atomic mass is 79.9. The lowest BCUT2D eigenvalue weighted by Gasteiger charge is -2.45. The van der Waals surface area contributed by atoms with Gasteiger partial charge in [-0.05, 0) is 60.0 Å². The smallest absolute Gasteiger partial charge is 0.243 e. The summed E-state index contributed by atoms with van der Waals surface area (Å²) in [5.41, 5.74) is 4.16. The molecular weight excluding hydrogens is 464 g/mol. The van der Waals surface area contributed by atoms with Gasteiger partial charge in [-0.15, -0.1) is 0 Å². The summed E-state index contributed by atoms with van der Waals surface area (Å²) >= 11 is 9.50. The SMILES string of the molecule is CCc1ccc(CCOc2ccc(C3C(Br)C(=O)N3c3ccc(Cl)cc3)cc2)nc1. The van der Waals surface area contributed by atoms with Gasteiger partial charge in [0.25, 0.3) is 0 Å². The number of hydrogen-bond acceptors (Lipinski definition) is 3. The molecule has 0 aliphatic carbocycles. The Hall–Kier alpha value is -2.37. The van der Waals surface area contributed by atoms with Crippen LogP contribution in [0.2, 0.25) is 5.02 Å². The molecule has 1 aromatic heterocycles. The van der Waals surface area contributed by atoms with E-state index in [0.717, 1.165) is 35.5 Å². The molecule has 4 rings (SSSR count). The molecule has 1 aliphatic rings. The Morgan fingerprint density at radius 3 is 2.43 bits per heavy atom. The molecule has 0 saturated carbocycles. The Labute approximate surface area is 190 Å². The molecule has 2 atom stereocenters. The fraction of sp³-hybridized carbons (Fsp3) is 0.250. The molecule has 6 heteroatoms. The monoisotopic (exact) mass is 484 g/mol. The van der Waals surface area contributed by atoms with Gasteiger partial charge in [-0.25, -0.2) is 0 Å². The van der Waals surface area contributed by atoms with Crippen molar-refractivity contribution in [2.45, 2.75) is 30.6 Å². The summed E-state index contributed by atoms with van der Waals surface area (Å²) < 4.78 is 5.88. The van der Waals surface area contributed by atoms with Crippen molar-refractivity contribution in [2.75, 3.05) is 11.5 Å². The number of hydrogen-bond donors (Lipinski definition) is 0. The van der Waals surface area contributed by atoms with Gasteiger partial charge < -0.3 is 9.64 Å². The van der Waals surface area contributed by atoms with Crippen molar-refractivity contribution in [3.8, 4) is 5.75 Å². The number of aromatic nitrogens is 1. The standard InChI is InChI=1S/C24H22BrClN2O2/c1-2-16-3-8-19(27-15-16)13-14-30-21-11-4-17(5-12-21)23-22(25)24(29)28(23)20-9-6-18(26)7-10-20/h3-12,15,22-23H,2,13-14H2,1H3. The highest BCUT2D eigenvalue weighted by Gasteiger charge is 2.47. The number of carbonyl (C=O) groups excluding carboxylic acids is 1. The summed E-state index contributed by atoms with van der Waals surface area (Å²) in [6.07, 6.45) is 3.68. The summed E-state index contributed by atoms with van der Waals surface area (Å²) in [5.74, 6) is 0.850. The lowest BCUT2D eigenvalue weighted by atomic mass is 9.92. The third kappa shape index (κ3) is 4.37. The molecule has 1 fully saturated rings. The predicted molar refractivity (Wildman–Crippen MR) is 124 cm³/mol. The number of anilines is 1. The van der Waals surface area contributed by atoms with Gasteiger partial charge in [-0.1, -0.05) is 52.7 Å². The number of nitrogens with zero attached hydrogens (tertiary/aromatic N) is 2. The van der Waals surface area contributed by atoms with Crippen LogP contribution in [0.25, 0.3) is 0 Å². The van der Waals surface area contributed by atoms with Crippen molar-refractivity contribution < 1.29 is 9.53 Å². The van der Waals surface area contributed by atoms with Crippen LogP contribution in [0.4, 0.5) is 5.69 Å². The van der Waals surface area contributed by atoms with Gasteiger partial charge in [0.05, 0.1) is 12.6 Å². The first-order chi connectivity index (χ1) is 14.6. The zero-order chi connectivity index (χ0) is 21.1. The van der Waals surface area contributed by atoms with Crippen LogP contribution in [-0.2, 0) is 17.6 Å². The lowest BCUT2D eigenvalue weighted by molar-refractivity contribution is -0.123. The van der Waals surface area contributed by atoms with E-state index in [1.807, 2.05) is 42.6 Å². The van der Waals surface area contributed by atoms with E-state index in [2.05, 4.69) is 40.0 Å². The highest BCUT2D eigenvalue weighted by Crippen LogP contribution is 2.43. The van der Waals surface area contributed by atoms with Gasteiger partial charge in [0.15, 0.2) is 0 Å². The summed E-state index contributed by atoms with van der Waals surface area (Å²) in [6, 6.07) is 19.4. The van der Waals surface area contributed by atoms with E-state index in [9.17, 15) is 4.79 Å². The maximum absolute atomic E-state index is 12.4. The molecule has 1 saturated heterocycles. The first-order valence-electron chi connectivity index (χ1n) is 9.96. The zero-order valence-electron chi connectivity index (χ0n) is 16.6. The van der Waals surface area contributed by atoms with Crippen LogP contribution < -0.4 is 9.64 Å². The van der Waals surface area contributed by atoms with E-state index < -0.39 is 0 Å². The Bertz CT molecular complexity index is 1010. The second-order valence-electron chi connectivity index (χ2n) is 7.21. The number of ether oxygens (including phenoxy) is 1. The minimum Gasteiger partial charge on any atom is -0.493 e. The van der Waals surface area contributed by atoms with Crippen LogP contribution in [0, 0.1) is 0 Å². The number of aryl methyl sites for hydroxylation is 1. The normalized spacial score (nSPS) is 18.2. The molecule has 1 aliphatic heterocycles. The number of β-lactam (4-membered cyclic amide) rings is 1. The average Bonchev–Trinajstić information content (AvgIpc) is 2.79. The predicted octanol–water partition coefficient (Wildman–Crippen LogP) is 5.77. The van der Waals surface area contributed by atoms with Crippen molar-refractivity contribution in [3.05, 3.63) is 88.7 Å². The summed E-state index contributed by atoms with van der Waals surface area (Å²) in [7, 11) is 0. The van der Waals surface area contributed by atoms with Crippen LogP contribution in [-0.4, -0.2) is 22.3 Å². The number of rotatable bonds is 7. The summed E-state index contributed by atoms with van der Waals surface area (Å²) in [6.45, 7) is 2.69. The van der Waals surface area contributed by atoms with Crippen molar-refractivity contribution in [2.24, 2.45) is 0 Å². The number of carbonyl (C=O) groups is 1. The van der Waals surface area contributed by atoms with E-state index in [1.165, 1.54) is 5.56 Å². The fourth-order valence-electron chi connectivity index (χ4n) is 3.51. The average molecular weight is 486 g/mol. The van der Waals surface area contributed by atoms with E-state index in [-0.39, 0.29) is 16.8 Å². The maximum Gasteiger partial charge on any atom is 0.243 e. The van der Waals surface area contributed by atoms with Gasteiger partial charge in [-0.2, -0.15) is 0 Å². The third-order valence-electron chi connectivity index (χ3n) is 5.28. The topological polar surface area (TPSA) is 42.4 Å². The van der Waals surface area contributed by atoms with Crippen LogP contribution in [0.5, 0.6) is 5.75 Å². The molecule has 0 spiro atoms. The molecule has 3 aromatic rings. The minimum atomic E-state index is -0.239. The largest absolute Gasteiger partial charge is 0.493 e. The number of amides is 1. The summed E-state index contributed by atoms with van der Waals surface area (Å²) in [4.78, 5) is 18.4. The second-order valence-corrected chi connectivity index (χ2v) is 8.63. The molecule has 0 bridgehead atoms. The van der Waals surface area contributed by atoms with Gasteiger partial charge in [-0.3, -0.25) is 9.78 Å². The molecule has 1 amide bonds. The van der Waals surface area contributed by atoms with Crippen LogP contribution >= 0.6 is 27.5 Å². The van der Waals surface area contributed by atoms with Gasteiger partial charge in [0.1, 0.15) is 10.6 Å². The molecule has 2 aromatic carbocycles. The van der Waals surface area contributed by atoms with Crippen molar-refractivity contribution >= 4 is 39.1 Å². The van der Waals surface area contributed by atoms with E-state index in [1.54, 1.807) is 17.0 Å². The van der Waals surface area contributed by atoms with E-state index in [4.69, 9.17) is 16.3 Å². The number of halogens is 2.